The Morgan fingerprint density at radius 2 is 1.69 bits per heavy atom. The van der Waals surface area contributed by atoms with Gasteiger partial charge in [0.15, 0.2) is 0 Å². The lowest BCUT2D eigenvalue weighted by Gasteiger charge is -2.17. The summed E-state index contributed by atoms with van der Waals surface area (Å²) in [5.74, 6) is 0.948. The van der Waals surface area contributed by atoms with Crippen LogP contribution in [0.2, 0.25) is 0 Å². The lowest BCUT2D eigenvalue weighted by molar-refractivity contribution is -0.138. The Balaban J connectivity index is 1.65. The third-order valence-corrected chi connectivity index (χ3v) is 5.21. The van der Waals surface area contributed by atoms with Crippen molar-refractivity contribution in [3.8, 4) is 11.3 Å². The van der Waals surface area contributed by atoms with Crippen molar-refractivity contribution in [2.45, 2.75) is 32.2 Å². The van der Waals surface area contributed by atoms with Gasteiger partial charge in [0.2, 0.25) is 0 Å². The Bertz CT molecular complexity index is 1170. The third kappa shape index (κ3) is 5.21. The Morgan fingerprint density at radius 1 is 1.00 bits per heavy atom. The molecule has 6 heteroatoms. The maximum Gasteiger partial charge on any atom is 0.326 e. The number of aryl methyl sites for hydroxylation is 1. The van der Waals surface area contributed by atoms with E-state index < -0.39 is 12.0 Å². The lowest BCUT2D eigenvalue weighted by atomic mass is 10.1. The Kier molecular flexibility index (Phi) is 6.60. The van der Waals surface area contributed by atoms with E-state index in [2.05, 4.69) is 10.3 Å². The summed E-state index contributed by atoms with van der Waals surface area (Å²) in [6.07, 6.45) is 3.18. The highest BCUT2D eigenvalue weighted by Gasteiger charge is 2.22. The number of rotatable bonds is 9. The van der Waals surface area contributed by atoms with Gasteiger partial charge >= 0.3 is 5.97 Å². The van der Waals surface area contributed by atoms with E-state index in [0.29, 0.717) is 23.7 Å². The molecule has 4 rings (SSSR count). The van der Waals surface area contributed by atoms with E-state index in [1.807, 2.05) is 79.7 Å². The van der Waals surface area contributed by atoms with Crippen LogP contribution in [-0.2, 0) is 24.1 Å². The summed E-state index contributed by atoms with van der Waals surface area (Å²) in [7, 11) is 0. The van der Waals surface area contributed by atoms with Gasteiger partial charge < -0.3 is 14.8 Å². The molecule has 1 atom stereocenters. The van der Waals surface area contributed by atoms with Crippen LogP contribution in [0, 0.1) is 0 Å². The standard InChI is InChI=1S/C26H25N3O3/c1-2-20-13-14-21(32-20)16-23(26(30)31)29-25-22(15-18-9-5-3-6-10-18)28-24(17-27-25)19-11-7-4-8-12-19/h3-14,17,23H,2,15-16H2,1H3,(H,27,29)(H,30,31). The van der Waals surface area contributed by atoms with Crippen LogP contribution in [0.3, 0.4) is 0 Å². The molecule has 2 aromatic heterocycles. The second-order valence-corrected chi connectivity index (χ2v) is 7.54. The first-order valence-electron chi connectivity index (χ1n) is 10.6. The number of nitrogens with one attached hydrogen (secondary N) is 1. The van der Waals surface area contributed by atoms with E-state index >= 15 is 0 Å². The molecule has 0 aliphatic rings. The normalized spacial score (nSPS) is 11.8. The molecular weight excluding hydrogens is 402 g/mol. The number of anilines is 1. The van der Waals surface area contributed by atoms with Crippen molar-refractivity contribution in [2.24, 2.45) is 0 Å². The molecule has 0 aliphatic heterocycles. The predicted molar refractivity (Wildman–Crippen MR) is 124 cm³/mol. The fourth-order valence-corrected chi connectivity index (χ4v) is 3.50. The Labute approximate surface area is 187 Å². The molecule has 0 amide bonds. The molecule has 2 heterocycles. The van der Waals surface area contributed by atoms with Gasteiger partial charge in [-0.2, -0.15) is 0 Å². The first-order valence-corrected chi connectivity index (χ1v) is 10.6. The smallest absolute Gasteiger partial charge is 0.326 e. The zero-order valence-corrected chi connectivity index (χ0v) is 17.9. The number of nitrogens with zero attached hydrogens (tertiary/aromatic N) is 2. The van der Waals surface area contributed by atoms with E-state index in [1.165, 1.54) is 0 Å². The number of aromatic nitrogens is 2. The van der Waals surface area contributed by atoms with Gasteiger partial charge in [0, 0.05) is 24.8 Å². The largest absolute Gasteiger partial charge is 0.480 e. The molecular formula is C26H25N3O3. The van der Waals surface area contributed by atoms with Gasteiger partial charge in [-0.25, -0.2) is 14.8 Å². The van der Waals surface area contributed by atoms with Crippen molar-refractivity contribution < 1.29 is 14.3 Å². The van der Waals surface area contributed by atoms with Crippen molar-refractivity contribution in [3.05, 3.63) is 102 Å². The number of carboxylic acids is 1. The van der Waals surface area contributed by atoms with Gasteiger partial charge in [-0.05, 0) is 17.7 Å². The highest BCUT2D eigenvalue weighted by molar-refractivity contribution is 5.77. The molecule has 32 heavy (non-hydrogen) atoms. The van der Waals surface area contributed by atoms with Gasteiger partial charge in [-0.1, -0.05) is 67.6 Å². The van der Waals surface area contributed by atoms with Gasteiger partial charge in [-0.3, -0.25) is 0 Å². The number of carboxylic acid groups (broad SMARTS) is 1. The molecule has 0 spiro atoms. The molecule has 0 saturated heterocycles. The zero-order chi connectivity index (χ0) is 22.3. The third-order valence-electron chi connectivity index (χ3n) is 5.21. The molecule has 4 aromatic rings. The Hall–Kier alpha value is -3.93. The molecule has 0 radical (unpaired) electrons. The first kappa shape index (κ1) is 21.3. The van der Waals surface area contributed by atoms with Crippen molar-refractivity contribution in [1.82, 2.24) is 9.97 Å². The molecule has 6 nitrogen and oxygen atoms in total. The average molecular weight is 428 g/mol. The summed E-state index contributed by atoms with van der Waals surface area (Å²) >= 11 is 0. The minimum atomic E-state index is -0.973. The Morgan fingerprint density at radius 3 is 2.34 bits per heavy atom. The summed E-state index contributed by atoms with van der Waals surface area (Å²) in [6, 6.07) is 22.6. The fourth-order valence-electron chi connectivity index (χ4n) is 3.50. The van der Waals surface area contributed by atoms with E-state index in [0.717, 1.165) is 29.0 Å². The average Bonchev–Trinajstić information content (AvgIpc) is 3.28. The highest BCUT2D eigenvalue weighted by atomic mass is 16.4. The zero-order valence-electron chi connectivity index (χ0n) is 17.9. The number of furan rings is 1. The second-order valence-electron chi connectivity index (χ2n) is 7.54. The topological polar surface area (TPSA) is 88.2 Å². The predicted octanol–water partition coefficient (Wildman–Crippen LogP) is 5.00. The van der Waals surface area contributed by atoms with Crippen molar-refractivity contribution in [1.29, 1.82) is 0 Å². The summed E-state index contributed by atoms with van der Waals surface area (Å²) < 4.78 is 5.71. The van der Waals surface area contributed by atoms with Crippen LogP contribution in [0.5, 0.6) is 0 Å². The molecule has 0 fully saturated rings. The van der Waals surface area contributed by atoms with Gasteiger partial charge in [0.25, 0.3) is 0 Å². The lowest BCUT2D eigenvalue weighted by Crippen LogP contribution is -2.32. The first-order chi connectivity index (χ1) is 15.6. The second kappa shape index (κ2) is 9.92. The molecule has 1 unspecified atom stereocenters. The van der Waals surface area contributed by atoms with E-state index in [9.17, 15) is 9.90 Å². The monoisotopic (exact) mass is 427 g/mol. The van der Waals surface area contributed by atoms with Gasteiger partial charge in [-0.15, -0.1) is 0 Å². The quantitative estimate of drug-likeness (QED) is 0.391. The summed E-state index contributed by atoms with van der Waals surface area (Å²) in [5, 5.41) is 12.9. The van der Waals surface area contributed by atoms with E-state index in [1.54, 1.807) is 6.20 Å². The van der Waals surface area contributed by atoms with Crippen molar-refractivity contribution in [3.63, 3.8) is 0 Å². The van der Waals surface area contributed by atoms with E-state index in [4.69, 9.17) is 9.40 Å². The summed E-state index contributed by atoms with van der Waals surface area (Å²) in [5.41, 5.74) is 3.46. The number of hydrogen-bond acceptors (Lipinski definition) is 5. The number of carbonyl (C=O) groups is 1. The van der Waals surface area contributed by atoms with Crippen LogP contribution in [0.15, 0.2) is 83.4 Å². The van der Waals surface area contributed by atoms with Crippen LogP contribution >= 0.6 is 0 Å². The highest BCUT2D eigenvalue weighted by Crippen LogP contribution is 2.23. The number of aliphatic carboxylic acids is 1. The van der Waals surface area contributed by atoms with Crippen LogP contribution in [0.25, 0.3) is 11.3 Å². The van der Waals surface area contributed by atoms with Gasteiger partial charge in [0.1, 0.15) is 23.4 Å². The minimum absolute atomic E-state index is 0.211. The molecule has 0 bridgehead atoms. The maximum absolute atomic E-state index is 12.0. The molecule has 0 saturated carbocycles. The van der Waals surface area contributed by atoms with Crippen LogP contribution in [0.4, 0.5) is 5.82 Å². The molecule has 162 valence electrons. The summed E-state index contributed by atoms with van der Waals surface area (Å²) in [4.78, 5) is 21.4. The molecule has 2 aromatic carbocycles. The van der Waals surface area contributed by atoms with Crippen molar-refractivity contribution >= 4 is 11.8 Å². The van der Waals surface area contributed by atoms with Gasteiger partial charge in [0.05, 0.1) is 17.6 Å². The van der Waals surface area contributed by atoms with Crippen molar-refractivity contribution in [2.75, 3.05) is 5.32 Å². The minimum Gasteiger partial charge on any atom is -0.480 e. The maximum atomic E-state index is 12.0. The van der Waals surface area contributed by atoms with Crippen LogP contribution in [0.1, 0.15) is 29.7 Å². The number of benzene rings is 2. The molecule has 2 N–H and O–H groups in total. The van der Waals surface area contributed by atoms with E-state index in [-0.39, 0.29) is 6.42 Å². The van der Waals surface area contributed by atoms with Crippen LogP contribution in [-0.4, -0.2) is 27.1 Å². The SMILES string of the molecule is CCc1ccc(CC(Nc2ncc(-c3ccccc3)nc2Cc2ccccc2)C(=O)O)o1. The fraction of sp³-hybridized carbons (Fsp3) is 0.192. The molecule has 0 aliphatic carbocycles. The van der Waals surface area contributed by atoms with Crippen LogP contribution < -0.4 is 5.32 Å². The number of hydrogen-bond donors (Lipinski definition) is 2. The summed E-state index contributed by atoms with van der Waals surface area (Å²) in [6.45, 7) is 2.00.